The molecule has 0 N–H and O–H groups in total. The number of hydrogen-bond donors (Lipinski definition) is 0. The van der Waals surface area contributed by atoms with Crippen molar-refractivity contribution in [3.05, 3.63) is 52.8 Å². The Bertz CT molecular complexity index is 683. The van der Waals surface area contributed by atoms with Crippen LogP contribution in [0.25, 0.3) is 11.1 Å². The standard InChI is InChI=1S/C14H7ClF4O2/c15-11-6-10(12(16)5-8(11)7-20)9-3-1-2-4-13(9)21-14(17,18)19/h1-7H. The lowest BCUT2D eigenvalue weighted by Gasteiger charge is -2.14. The zero-order chi connectivity index (χ0) is 15.6. The minimum Gasteiger partial charge on any atom is -0.405 e. The fourth-order valence-electron chi connectivity index (χ4n) is 1.76. The molecule has 2 nitrogen and oxygen atoms in total. The van der Waals surface area contributed by atoms with E-state index in [1.807, 2.05) is 0 Å². The highest BCUT2D eigenvalue weighted by molar-refractivity contribution is 6.33. The zero-order valence-corrected chi connectivity index (χ0v) is 11.0. The molecular weight excluding hydrogens is 312 g/mol. The van der Waals surface area contributed by atoms with Gasteiger partial charge in [0, 0.05) is 16.7 Å². The smallest absolute Gasteiger partial charge is 0.405 e. The lowest BCUT2D eigenvalue weighted by atomic mass is 10.0. The number of benzene rings is 2. The van der Waals surface area contributed by atoms with Crippen LogP contribution in [-0.4, -0.2) is 12.6 Å². The van der Waals surface area contributed by atoms with Crippen molar-refractivity contribution in [1.82, 2.24) is 0 Å². The van der Waals surface area contributed by atoms with Crippen LogP contribution < -0.4 is 4.74 Å². The second-order valence-electron chi connectivity index (χ2n) is 4.02. The molecule has 0 spiro atoms. The highest BCUT2D eigenvalue weighted by Gasteiger charge is 2.32. The third kappa shape index (κ3) is 3.52. The van der Waals surface area contributed by atoms with Gasteiger partial charge in [-0.1, -0.05) is 29.8 Å². The number of carbonyl (C=O) groups excluding carboxylic acids is 1. The summed E-state index contributed by atoms with van der Waals surface area (Å²) in [6.45, 7) is 0. The van der Waals surface area contributed by atoms with E-state index in [0.717, 1.165) is 18.2 Å². The van der Waals surface area contributed by atoms with E-state index in [0.29, 0.717) is 6.29 Å². The summed E-state index contributed by atoms with van der Waals surface area (Å²) in [5.41, 5.74) is -0.399. The van der Waals surface area contributed by atoms with Gasteiger partial charge >= 0.3 is 6.36 Å². The first-order valence-corrected chi connectivity index (χ1v) is 5.99. The van der Waals surface area contributed by atoms with E-state index < -0.39 is 17.9 Å². The van der Waals surface area contributed by atoms with Gasteiger partial charge in [-0.25, -0.2) is 4.39 Å². The number of ether oxygens (including phenoxy) is 1. The molecule has 0 unspecified atom stereocenters. The Balaban J connectivity index is 2.57. The van der Waals surface area contributed by atoms with Gasteiger partial charge in [0.2, 0.25) is 0 Å². The van der Waals surface area contributed by atoms with Crippen molar-refractivity contribution in [1.29, 1.82) is 0 Å². The van der Waals surface area contributed by atoms with Crippen LogP contribution in [0.5, 0.6) is 5.75 Å². The summed E-state index contributed by atoms with van der Waals surface area (Å²) < 4.78 is 54.9. The Kier molecular flexibility index (Phi) is 4.18. The fraction of sp³-hybridized carbons (Fsp3) is 0.0714. The molecule has 0 atom stereocenters. The van der Waals surface area contributed by atoms with Crippen LogP contribution in [0.4, 0.5) is 17.6 Å². The minimum atomic E-state index is -4.90. The Morgan fingerprint density at radius 3 is 2.38 bits per heavy atom. The number of alkyl halides is 3. The Morgan fingerprint density at radius 2 is 1.76 bits per heavy atom. The third-order valence-corrected chi connectivity index (χ3v) is 2.94. The lowest BCUT2D eigenvalue weighted by Crippen LogP contribution is -2.17. The largest absolute Gasteiger partial charge is 0.573 e. The van der Waals surface area contributed by atoms with Crippen LogP contribution in [-0.2, 0) is 0 Å². The van der Waals surface area contributed by atoms with Gasteiger partial charge in [-0.05, 0) is 18.2 Å². The van der Waals surface area contributed by atoms with Gasteiger partial charge in [-0.15, -0.1) is 13.2 Å². The van der Waals surface area contributed by atoms with Crippen molar-refractivity contribution < 1.29 is 27.1 Å². The molecule has 0 bridgehead atoms. The first kappa shape index (κ1) is 15.3. The molecule has 110 valence electrons. The van der Waals surface area contributed by atoms with Gasteiger partial charge in [0.15, 0.2) is 6.29 Å². The molecule has 2 rings (SSSR count). The molecule has 0 aliphatic carbocycles. The van der Waals surface area contributed by atoms with Crippen LogP contribution in [0.1, 0.15) is 10.4 Å². The first-order valence-electron chi connectivity index (χ1n) is 5.61. The molecule has 0 radical (unpaired) electrons. The van der Waals surface area contributed by atoms with E-state index in [2.05, 4.69) is 4.74 Å². The molecule has 0 aliphatic rings. The number of hydrogen-bond acceptors (Lipinski definition) is 2. The molecule has 0 aromatic heterocycles. The summed E-state index contributed by atoms with van der Waals surface area (Å²) in [6.07, 6.45) is -4.55. The molecule has 0 heterocycles. The molecule has 0 aliphatic heterocycles. The van der Waals surface area contributed by atoms with Gasteiger partial charge in [0.1, 0.15) is 11.6 Å². The van der Waals surface area contributed by atoms with E-state index in [1.54, 1.807) is 0 Å². The third-order valence-electron chi connectivity index (χ3n) is 2.62. The van der Waals surface area contributed by atoms with Gasteiger partial charge < -0.3 is 4.74 Å². The maximum absolute atomic E-state index is 14.0. The van der Waals surface area contributed by atoms with Crippen molar-refractivity contribution in [3.8, 4) is 16.9 Å². The van der Waals surface area contributed by atoms with Crippen LogP contribution in [0.15, 0.2) is 36.4 Å². The maximum Gasteiger partial charge on any atom is 0.573 e. The van der Waals surface area contributed by atoms with E-state index in [1.165, 1.54) is 18.2 Å². The zero-order valence-electron chi connectivity index (χ0n) is 10.2. The summed E-state index contributed by atoms with van der Waals surface area (Å²) in [5, 5.41) is -0.0665. The molecule has 21 heavy (non-hydrogen) atoms. The van der Waals surface area contributed by atoms with E-state index in [-0.39, 0.29) is 21.7 Å². The Morgan fingerprint density at radius 1 is 1.10 bits per heavy atom. The molecule has 0 saturated carbocycles. The van der Waals surface area contributed by atoms with E-state index in [9.17, 15) is 22.4 Å². The summed E-state index contributed by atoms with van der Waals surface area (Å²) in [6, 6.07) is 7.01. The fourth-order valence-corrected chi connectivity index (χ4v) is 1.97. The van der Waals surface area contributed by atoms with Crippen molar-refractivity contribution in [2.45, 2.75) is 6.36 Å². The lowest BCUT2D eigenvalue weighted by molar-refractivity contribution is -0.274. The summed E-state index contributed by atoms with van der Waals surface area (Å²) >= 11 is 5.78. The van der Waals surface area contributed by atoms with Crippen molar-refractivity contribution in [3.63, 3.8) is 0 Å². The molecule has 0 amide bonds. The highest BCUT2D eigenvalue weighted by atomic mass is 35.5. The van der Waals surface area contributed by atoms with E-state index >= 15 is 0 Å². The summed E-state index contributed by atoms with van der Waals surface area (Å²) in [5.74, 6) is -1.43. The first-order chi connectivity index (χ1) is 9.81. The molecule has 2 aromatic rings. The predicted molar refractivity (Wildman–Crippen MR) is 68.9 cm³/mol. The Labute approximate surface area is 121 Å². The normalized spacial score (nSPS) is 11.3. The summed E-state index contributed by atoms with van der Waals surface area (Å²) in [4.78, 5) is 10.7. The van der Waals surface area contributed by atoms with Crippen LogP contribution in [0.3, 0.4) is 0 Å². The van der Waals surface area contributed by atoms with Crippen LogP contribution in [0, 0.1) is 5.82 Å². The minimum absolute atomic E-state index is 0.0665. The molecule has 0 fully saturated rings. The molecule has 0 saturated heterocycles. The SMILES string of the molecule is O=Cc1cc(F)c(-c2ccccc2OC(F)(F)F)cc1Cl. The predicted octanol–water partition coefficient (Wildman–Crippen LogP) is 4.86. The van der Waals surface area contributed by atoms with Gasteiger partial charge in [-0.3, -0.25) is 4.79 Å². The van der Waals surface area contributed by atoms with Crippen LogP contribution in [0.2, 0.25) is 5.02 Å². The molecule has 2 aromatic carbocycles. The topological polar surface area (TPSA) is 26.3 Å². The molecular formula is C14H7ClF4O2. The number of halogens is 5. The molecule has 7 heteroatoms. The second kappa shape index (κ2) is 5.73. The monoisotopic (exact) mass is 318 g/mol. The van der Waals surface area contributed by atoms with E-state index in [4.69, 9.17) is 11.6 Å². The second-order valence-corrected chi connectivity index (χ2v) is 4.42. The number of aldehydes is 1. The number of rotatable bonds is 3. The highest BCUT2D eigenvalue weighted by Crippen LogP contribution is 2.36. The van der Waals surface area contributed by atoms with Crippen molar-refractivity contribution >= 4 is 17.9 Å². The average Bonchev–Trinajstić information content (AvgIpc) is 2.40. The Hall–Kier alpha value is -2.08. The average molecular weight is 319 g/mol. The van der Waals surface area contributed by atoms with Gasteiger partial charge in [0.25, 0.3) is 0 Å². The number of carbonyl (C=O) groups is 1. The van der Waals surface area contributed by atoms with Crippen molar-refractivity contribution in [2.24, 2.45) is 0 Å². The van der Waals surface area contributed by atoms with Crippen LogP contribution >= 0.6 is 11.6 Å². The van der Waals surface area contributed by atoms with Gasteiger partial charge in [0.05, 0.1) is 5.02 Å². The quantitative estimate of drug-likeness (QED) is 0.597. The van der Waals surface area contributed by atoms with Gasteiger partial charge in [-0.2, -0.15) is 0 Å². The number of para-hydroxylation sites is 1. The van der Waals surface area contributed by atoms with Crippen molar-refractivity contribution in [2.75, 3.05) is 0 Å². The summed E-state index contributed by atoms with van der Waals surface area (Å²) in [7, 11) is 0. The maximum atomic E-state index is 14.0.